The molecule has 1 aromatic carbocycles. The van der Waals surface area contributed by atoms with Gasteiger partial charge in [-0.25, -0.2) is 9.50 Å². The number of hydrogen-bond acceptors (Lipinski definition) is 4. The van der Waals surface area contributed by atoms with Gasteiger partial charge in [-0.05, 0) is 30.2 Å². The maximum Gasteiger partial charge on any atom is 0.151 e. The van der Waals surface area contributed by atoms with Gasteiger partial charge in [0.25, 0.3) is 0 Å². The van der Waals surface area contributed by atoms with Gasteiger partial charge in [-0.3, -0.25) is 4.79 Å². The number of benzene rings is 1. The van der Waals surface area contributed by atoms with Crippen LogP contribution in [0.4, 0.5) is 0 Å². The average molecular weight is 266 g/mol. The first-order valence-electron chi connectivity index (χ1n) is 6.31. The van der Waals surface area contributed by atoms with Gasteiger partial charge in [0.1, 0.15) is 6.33 Å². The van der Waals surface area contributed by atoms with Gasteiger partial charge in [0.05, 0.1) is 11.2 Å². The van der Waals surface area contributed by atoms with E-state index in [1.54, 1.807) is 16.8 Å². The summed E-state index contributed by atoms with van der Waals surface area (Å²) in [5.41, 5.74) is 11.1. The summed E-state index contributed by atoms with van der Waals surface area (Å²) < 4.78 is 1.66. The lowest BCUT2D eigenvalue weighted by Crippen LogP contribution is -2.00. The number of hydrogen-bond donors (Lipinski definition) is 1. The first-order valence-corrected chi connectivity index (χ1v) is 6.31. The molecule has 0 saturated carbocycles. The third kappa shape index (κ3) is 1.98. The second kappa shape index (κ2) is 4.86. The minimum absolute atomic E-state index is 0.520. The molecule has 0 amide bonds. The number of carbonyl (C=O) groups is 1. The molecular formula is C15H14N4O. The van der Waals surface area contributed by atoms with E-state index >= 15 is 0 Å². The van der Waals surface area contributed by atoms with Gasteiger partial charge in [-0.1, -0.05) is 12.1 Å². The Hall–Kier alpha value is -2.53. The van der Waals surface area contributed by atoms with Crippen LogP contribution in [0, 0.1) is 6.92 Å². The number of rotatable bonds is 3. The highest BCUT2D eigenvalue weighted by Crippen LogP contribution is 2.25. The van der Waals surface area contributed by atoms with Gasteiger partial charge < -0.3 is 5.73 Å². The molecular weight excluding hydrogens is 252 g/mol. The molecule has 0 saturated heterocycles. The predicted octanol–water partition coefficient (Wildman–Crippen LogP) is 1.98. The minimum atomic E-state index is 0.520. The number of nitrogens with zero attached hydrogens (tertiary/aromatic N) is 3. The highest BCUT2D eigenvalue weighted by molar-refractivity contribution is 5.84. The van der Waals surface area contributed by atoms with Crippen molar-refractivity contribution < 1.29 is 4.79 Å². The quantitative estimate of drug-likeness (QED) is 0.736. The lowest BCUT2D eigenvalue weighted by molar-refractivity contribution is 0.112. The molecule has 3 rings (SSSR count). The average Bonchev–Trinajstić information content (AvgIpc) is 2.90. The summed E-state index contributed by atoms with van der Waals surface area (Å²) in [6.45, 7) is 2.55. The molecule has 20 heavy (non-hydrogen) atoms. The van der Waals surface area contributed by atoms with Crippen LogP contribution in [0.15, 0.2) is 36.8 Å². The van der Waals surface area contributed by atoms with E-state index in [-0.39, 0.29) is 0 Å². The van der Waals surface area contributed by atoms with Crippen molar-refractivity contribution in [1.29, 1.82) is 0 Å². The van der Waals surface area contributed by atoms with Crippen molar-refractivity contribution in [2.45, 2.75) is 13.5 Å². The summed E-state index contributed by atoms with van der Waals surface area (Å²) in [6, 6.07) is 7.84. The number of nitrogens with two attached hydrogens (primary N) is 1. The minimum Gasteiger partial charge on any atom is -0.326 e. The molecule has 0 aliphatic heterocycles. The fourth-order valence-electron chi connectivity index (χ4n) is 2.31. The predicted molar refractivity (Wildman–Crippen MR) is 76.4 cm³/mol. The molecule has 0 atom stereocenters. The lowest BCUT2D eigenvalue weighted by atomic mass is 10.0. The van der Waals surface area contributed by atoms with Crippen LogP contribution in [0.1, 0.15) is 21.5 Å². The van der Waals surface area contributed by atoms with Crippen molar-refractivity contribution in [3.05, 3.63) is 53.5 Å². The molecule has 3 aromatic rings. The van der Waals surface area contributed by atoms with E-state index in [4.69, 9.17) is 5.73 Å². The van der Waals surface area contributed by atoms with Gasteiger partial charge in [0, 0.05) is 23.9 Å². The van der Waals surface area contributed by atoms with E-state index in [1.807, 2.05) is 19.1 Å². The Morgan fingerprint density at radius 1 is 1.35 bits per heavy atom. The monoisotopic (exact) mass is 266 g/mol. The summed E-state index contributed by atoms with van der Waals surface area (Å²) in [5, 5.41) is 4.12. The van der Waals surface area contributed by atoms with Crippen LogP contribution < -0.4 is 5.73 Å². The lowest BCUT2D eigenvalue weighted by Gasteiger charge is -2.07. The van der Waals surface area contributed by atoms with E-state index in [0.29, 0.717) is 12.1 Å². The molecule has 0 unspecified atom stereocenters. The first kappa shape index (κ1) is 12.5. The standard InChI is InChI=1S/C15H14N4O/c1-10-4-12(2-3-13(10)6-16)15-14-5-11(8-20)7-19(14)18-9-17-15/h2-5,7-9H,6,16H2,1H3. The molecule has 0 radical (unpaired) electrons. The van der Waals surface area contributed by atoms with Gasteiger partial charge in [0.15, 0.2) is 6.29 Å². The van der Waals surface area contributed by atoms with Crippen molar-refractivity contribution in [2.24, 2.45) is 5.73 Å². The van der Waals surface area contributed by atoms with Crippen molar-refractivity contribution >= 4 is 11.8 Å². The Bertz CT molecular complexity index is 792. The van der Waals surface area contributed by atoms with Gasteiger partial charge >= 0.3 is 0 Å². The van der Waals surface area contributed by atoms with E-state index in [0.717, 1.165) is 34.2 Å². The fourth-order valence-corrected chi connectivity index (χ4v) is 2.31. The molecule has 2 N–H and O–H groups in total. The zero-order chi connectivity index (χ0) is 14.1. The fraction of sp³-hybridized carbons (Fsp3) is 0.133. The molecule has 0 bridgehead atoms. The highest BCUT2D eigenvalue weighted by Gasteiger charge is 2.09. The molecule has 5 nitrogen and oxygen atoms in total. The van der Waals surface area contributed by atoms with Crippen molar-refractivity contribution in [1.82, 2.24) is 14.6 Å². The maximum atomic E-state index is 10.9. The summed E-state index contributed by atoms with van der Waals surface area (Å²) in [5.74, 6) is 0. The van der Waals surface area contributed by atoms with E-state index in [2.05, 4.69) is 16.1 Å². The van der Waals surface area contributed by atoms with Crippen LogP contribution >= 0.6 is 0 Å². The van der Waals surface area contributed by atoms with Gasteiger partial charge in [-0.2, -0.15) is 5.10 Å². The van der Waals surface area contributed by atoms with E-state index in [9.17, 15) is 4.79 Å². The zero-order valence-corrected chi connectivity index (χ0v) is 11.1. The Labute approximate surface area is 116 Å². The van der Waals surface area contributed by atoms with Crippen LogP contribution in [-0.2, 0) is 6.54 Å². The topological polar surface area (TPSA) is 73.3 Å². The normalized spacial score (nSPS) is 10.9. The Morgan fingerprint density at radius 2 is 2.20 bits per heavy atom. The Balaban J connectivity index is 2.21. The van der Waals surface area contributed by atoms with Crippen LogP contribution in [0.25, 0.3) is 16.8 Å². The molecule has 5 heteroatoms. The number of fused-ring (bicyclic) bond motifs is 1. The Kier molecular flexibility index (Phi) is 3.04. The largest absolute Gasteiger partial charge is 0.326 e. The maximum absolute atomic E-state index is 10.9. The van der Waals surface area contributed by atoms with Crippen LogP contribution in [-0.4, -0.2) is 20.9 Å². The summed E-state index contributed by atoms with van der Waals surface area (Å²) >= 11 is 0. The van der Waals surface area contributed by atoms with Crippen LogP contribution in [0.3, 0.4) is 0 Å². The molecule has 2 heterocycles. The molecule has 0 aliphatic carbocycles. The SMILES string of the molecule is Cc1cc(-c2ncnn3cc(C=O)cc23)ccc1CN. The zero-order valence-electron chi connectivity index (χ0n) is 11.1. The number of carbonyl (C=O) groups excluding carboxylic acids is 1. The van der Waals surface area contributed by atoms with Crippen LogP contribution in [0.2, 0.25) is 0 Å². The molecule has 100 valence electrons. The number of aromatic nitrogens is 3. The van der Waals surface area contributed by atoms with E-state index in [1.165, 1.54) is 6.33 Å². The molecule has 0 aliphatic rings. The number of aryl methyl sites for hydroxylation is 1. The smallest absolute Gasteiger partial charge is 0.151 e. The van der Waals surface area contributed by atoms with Gasteiger partial charge in [-0.15, -0.1) is 0 Å². The Morgan fingerprint density at radius 3 is 2.90 bits per heavy atom. The van der Waals surface area contributed by atoms with Crippen LogP contribution in [0.5, 0.6) is 0 Å². The second-order valence-electron chi connectivity index (χ2n) is 4.68. The van der Waals surface area contributed by atoms with E-state index < -0.39 is 0 Å². The molecule has 0 spiro atoms. The molecule has 2 aromatic heterocycles. The second-order valence-corrected chi connectivity index (χ2v) is 4.68. The third-order valence-electron chi connectivity index (χ3n) is 3.40. The number of aldehydes is 1. The summed E-state index contributed by atoms with van der Waals surface area (Å²) in [7, 11) is 0. The third-order valence-corrected chi connectivity index (χ3v) is 3.40. The first-order chi connectivity index (χ1) is 9.72. The van der Waals surface area contributed by atoms with Crippen molar-refractivity contribution in [2.75, 3.05) is 0 Å². The summed E-state index contributed by atoms with van der Waals surface area (Å²) in [6.07, 6.45) is 3.99. The van der Waals surface area contributed by atoms with Crippen molar-refractivity contribution in [3.8, 4) is 11.3 Å². The van der Waals surface area contributed by atoms with Gasteiger partial charge in [0.2, 0.25) is 0 Å². The van der Waals surface area contributed by atoms with Crippen molar-refractivity contribution in [3.63, 3.8) is 0 Å². The molecule has 0 fully saturated rings. The summed E-state index contributed by atoms with van der Waals surface area (Å²) in [4.78, 5) is 15.2. The highest BCUT2D eigenvalue weighted by atomic mass is 16.1.